The van der Waals surface area contributed by atoms with E-state index in [1.165, 1.54) is 23.3 Å². The highest BCUT2D eigenvalue weighted by molar-refractivity contribution is 6.32. The van der Waals surface area contributed by atoms with Crippen molar-refractivity contribution in [2.75, 3.05) is 36.0 Å². The van der Waals surface area contributed by atoms with Crippen LogP contribution in [0.5, 0.6) is 0 Å². The largest absolute Gasteiger partial charge is 0.418 e. The summed E-state index contributed by atoms with van der Waals surface area (Å²) >= 11 is 0. The summed E-state index contributed by atoms with van der Waals surface area (Å²) in [4.78, 5) is 4.45. The summed E-state index contributed by atoms with van der Waals surface area (Å²) in [6, 6.07) is 14.4. The maximum atomic E-state index is 12.6. The molecule has 7 heteroatoms. The fourth-order valence-electron chi connectivity index (χ4n) is 3.03. The number of halogens is 3. The van der Waals surface area contributed by atoms with Crippen molar-refractivity contribution < 1.29 is 18.3 Å². The number of aliphatic hydroxyl groups is 1. The Bertz CT molecular complexity index is 696. The number of piperazine rings is 1. The SMILES string of the molecule is Bc1ccc(N2CCN(c3ccc(C(O)C(F)(F)F)cc3)CC2)cc1. The van der Waals surface area contributed by atoms with Crippen molar-refractivity contribution >= 4 is 24.7 Å². The van der Waals surface area contributed by atoms with Crippen molar-refractivity contribution in [1.29, 1.82) is 0 Å². The standard InChI is InChI=1S/C18H20BF3N2O/c19-14-3-7-16(8-4-14)24-11-9-23(10-12-24)15-5-1-13(2-6-15)17(25)18(20,21)22/h1-8,17,25H,9-12,19H2. The van der Waals surface area contributed by atoms with Crippen LogP contribution in [-0.4, -0.2) is 45.3 Å². The highest BCUT2D eigenvalue weighted by atomic mass is 19.4. The Labute approximate surface area is 146 Å². The number of hydrogen-bond acceptors (Lipinski definition) is 3. The van der Waals surface area contributed by atoms with Gasteiger partial charge in [0.1, 0.15) is 7.85 Å². The molecule has 25 heavy (non-hydrogen) atoms. The number of benzene rings is 2. The second kappa shape index (κ2) is 7.00. The van der Waals surface area contributed by atoms with Crippen molar-refractivity contribution in [1.82, 2.24) is 0 Å². The van der Waals surface area contributed by atoms with Gasteiger partial charge in [-0.15, -0.1) is 0 Å². The zero-order valence-corrected chi connectivity index (χ0v) is 14.0. The molecule has 0 spiro atoms. The molecular formula is C18H20BF3N2O. The third kappa shape index (κ3) is 4.10. The van der Waals surface area contributed by atoms with Gasteiger partial charge >= 0.3 is 6.18 Å². The van der Waals surface area contributed by atoms with Gasteiger partial charge in [0, 0.05) is 37.6 Å². The summed E-state index contributed by atoms with van der Waals surface area (Å²) in [5, 5.41) is 9.29. The summed E-state index contributed by atoms with van der Waals surface area (Å²) in [5.41, 5.74) is 3.16. The predicted octanol–water partition coefficient (Wildman–Crippen LogP) is 1.87. The molecule has 0 aromatic heterocycles. The van der Waals surface area contributed by atoms with Gasteiger partial charge in [0.2, 0.25) is 0 Å². The number of nitrogens with zero attached hydrogens (tertiary/aromatic N) is 2. The van der Waals surface area contributed by atoms with Crippen LogP contribution in [0.15, 0.2) is 48.5 Å². The van der Waals surface area contributed by atoms with Crippen molar-refractivity contribution in [2.45, 2.75) is 12.3 Å². The molecule has 1 aliphatic heterocycles. The number of rotatable bonds is 3. The lowest BCUT2D eigenvalue weighted by Crippen LogP contribution is -2.46. The van der Waals surface area contributed by atoms with E-state index in [4.69, 9.17) is 0 Å². The van der Waals surface area contributed by atoms with Crippen LogP contribution in [0.2, 0.25) is 0 Å². The minimum Gasteiger partial charge on any atom is -0.379 e. The average molecular weight is 348 g/mol. The Balaban J connectivity index is 1.62. The quantitative estimate of drug-likeness (QED) is 0.858. The van der Waals surface area contributed by atoms with Crippen molar-refractivity contribution in [3.63, 3.8) is 0 Å². The molecule has 1 unspecified atom stereocenters. The fourth-order valence-corrected chi connectivity index (χ4v) is 3.03. The van der Waals surface area contributed by atoms with E-state index in [0.29, 0.717) is 0 Å². The summed E-state index contributed by atoms with van der Waals surface area (Å²) in [7, 11) is 2.06. The molecule has 1 aliphatic rings. The molecule has 3 rings (SSSR count). The molecule has 2 aromatic rings. The van der Waals surface area contributed by atoms with Crippen molar-refractivity contribution in [3.8, 4) is 0 Å². The Kier molecular flexibility index (Phi) is 4.95. The highest BCUT2D eigenvalue weighted by Gasteiger charge is 2.39. The van der Waals surface area contributed by atoms with Gasteiger partial charge in [-0.1, -0.05) is 29.7 Å². The van der Waals surface area contributed by atoms with Gasteiger partial charge < -0.3 is 14.9 Å². The first-order valence-electron chi connectivity index (χ1n) is 8.26. The van der Waals surface area contributed by atoms with Crippen LogP contribution in [0.1, 0.15) is 11.7 Å². The molecule has 0 amide bonds. The molecule has 1 saturated heterocycles. The molecule has 1 heterocycles. The van der Waals surface area contributed by atoms with Crippen LogP contribution in [0, 0.1) is 0 Å². The highest BCUT2D eigenvalue weighted by Crippen LogP contribution is 2.33. The summed E-state index contributed by atoms with van der Waals surface area (Å²) in [6.07, 6.45) is -7.07. The molecule has 0 bridgehead atoms. The second-order valence-electron chi connectivity index (χ2n) is 6.35. The molecule has 3 nitrogen and oxygen atoms in total. The minimum absolute atomic E-state index is 0.130. The third-order valence-corrected chi connectivity index (χ3v) is 4.56. The number of hydrogen-bond donors (Lipinski definition) is 1. The lowest BCUT2D eigenvalue weighted by molar-refractivity contribution is -0.206. The van der Waals surface area contributed by atoms with Gasteiger partial charge in [0.15, 0.2) is 6.10 Å². The molecule has 1 fully saturated rings. The fraction of sp³-hybridized carbons (Fsp3) is 0.333. The van der Waals surface area contributed by atoms with Gasteiger partial charge in [0.05, 0.1) is 0 Å². The van der Waals surface area contributed by atoms with Crippen LogP contribution in [0.3, 0.4) is 0 Å². The Morgan fingerprint density at radius 2 is 1.20 bits per heavy atom. The maximum absolute atomic E-state index is 12.6. The maximum Gasteiger partial charge on any atom is 0.418 e. The van der Waals surface area contributed by atoms with Crippen LogP contribution in [0.25, 0.3) is 0 Å². The summed E-state index contributed by atoms with van der Waals surface area (Å²) < 4.78 is 37.7. The smallest absolute Gasteiger partial charge is 0.379 e. The van der Waals surface area contributed by atoms with E-state index in [9.17, 15) is 18.3 Å². The Morgan fingerprint density at radius 1 is 0.800 bits per heavy atom. The zero-order valence-electron chi connectivity index (χ0n) is 14.0. The molecule has 1 N–H and O–H groups in total. The lowest BCUT2D eigenvalue weighted by atomic mass is 9.96. The summed E-state index contributed by atoms with van der Waals surface area (Å²) in [6.45, 7) is 3.32. The van der Waals surface area contributed by atoms with Gasteiger partial charge in [-0.3, -0.25) is 0 Å². The van der Waals surface area contributed by atoms with Crippen LogP contribution in [0.4, 0.5) is 24.5 Å². The first kappa shape index (κ1) is 17.7. The minimum atomic E-state index is -4.64. The second-order valence-corrected chi connectivity index (χ2v) is 6.35. The monoisotopic (exact) mass is 348 g/mol. The van der Waals surface area contributed by atoms with Crippen LogP contribution < -0.4 is 15.3 Å². The van der Waals surface area contributed by atoms with E-state index in [0.717, 1.165) is 31.9 Å². The number of anilines is 2. The number of alkyl halides is 3. The van der Waals surface area contributed by atoms with E-state index in [-0.39, 0.29) is 5.56 Å². The molecule has 0 radical (unpaired) electrons. The Morgan fingerprint density at radius 3 is 1.60 bits per heavy atom. The number of aliphatic hydroxyl groups excluding tert-OH is 1. The summed E-state index contributed by atoms with van der Waals surface area (Å²) in [5.74, 6) is 0. The van der Waals surface area contributed by atoms with E-state index in [1.54, 1.807) is 12.1 Å². The van der Waals surface area contributed by atoms with Gasteiger partial charge in [-0.25, -0.2) is 0 Å². The molecule has 132 valence electrons. The molecular weight excluding hydrogens is 328 g/mol. The van der Waals surface area contributed by atoms with Gasteiger partial charge in [-0.05, 0) is 29.8 Å². The van der Waals surface area contributed by atoms with E-state index >= 15 is 0 Å². The Hall–Kier alpha value is -2.15. The molecule has 2 aromatic carbocycles. The van der Waals surface area contributed by atoms with E-state index < -0.39 is 12.3 Å². The van der Waals surface area contributed by atoms with E-state index in [1.807, 2.05) is 0 Å². The normalized spacial score (nSPS) is 16.8. The first-order valence-corrected chi connectivity index (χ1v) is 8.26. The molecule has 1 atom stereocenters. The van der Waals surface area contributed by atoms with Crippen molar-refractivity contribution in [2.24, 2.45) is 0 Å². The van der Waals surface area contributed by atoms with E-state index in [2.05, 4.69) is 41.9 Å². The molecule has 0 aliphatic carbocycles. The topological polar surface area (TPSA) is 26.7 Å². The predicted molar refractivity (Wildman–Crippen MR) is 96.5 cm³/mol. The van der Waals surface area contributed by atoms with Crippen LogP contribution in [-0.2, 0) is 0 Å². The lowest BCUT2D eigenvalue weighted by Gasteiger charge is -2.37. The third-order valence-electron chi connectivity index (χ3n) is 4.56. The first-order chi connectivity index (χ1) is 11.8. The van der Waals surface area contributed by atoms with Crippen molar-refractivity contribution in [3.05, 3.63) is 54.1 Å². The van der Waals surface area contributed by atoms with Gasteiger partial charge in [-0.2, -0.15) is 13.2 Å². The molecule has 0 saturated carbocycles. The zero-order chi connectivity index (χ0) is 18.0. The van der Waals surface area contributed by atoms with Crippen LogP contribution >= 0.6 is 0 Å². The average Bonchev–Trinajstić information content (AvgIpc) is 2.61. The van der Waals surface area contributed by atoms with Gasteiger partial charge in [0.25, 0.3) is 0 Å².